The molecular weight excluding hydrogens is 379 g/mol. The van der Waals surface area contributed by atoms with Gasteiger partial charge in [0, 0.05) is 14.1 Å². The fourth-order valence-corrected chi connectivity index (χ4v) is 3.28. The number of carbonyl (C=O) groups is 2. The van der Waals surface area contributed by atoms with Crippen LogP contribution in [0.2, 0.25) is 0 Å². The van der Waals surface area contributed by atoms with Gasteiger partial charge in [0.2, 0.25) is 0 Å². The Morgan fingerprint density at radius 1 is 1.08 bits per heavy atom. The molecule has 2 rings (SSSR count). The van der Waals surface area contributed by atoms with Crippen LogP contribution in [0, 0.1) is 18.6 Å². The number of hydrogen-bond acceptors (Lipinski definition) is 3. The minimum Gasteiger partial charge on any atom is -0.295 e. The maximum absolute atomic E-state index is 13.7. The van der Waals surface area contributed by atoms with Crippen LogP contribution in [0.5, 0.6) is 0 Å². The van der Waals surface area contributed by atoms with Gasteiger partial charge >= 0.3 is 12.2 Å². The van der Waals surface area contributed by atoms with Crippen molar-refractivity contribution in [1.29, 1.82) is 0 Å². The average molecular weight is 392 g/mol. The highest BCUT2D eigenvalue weighted by Gasteiger charge is 2.39. The number of carbonyl (C=O) groups excluding carboxylic acids is 2. The Bertz CT molecular complexity index is 843. The summed E-state index contributed by atoms with van der Waals surface area (Å²) in [7, 11) is 1.98. The van der Waals surface area contributed by atoms with Crippen molar-refractivity contribution in [3.8, 4) is 0 Å². The number of alkyl halides is 3. The summed E-state index contributed by atoms with van der Waals surface area (Å²) in [6, 6.07) is 1.55. The highest BCUT2D eigenvalue weighted by molar-refractivity contribution is 7.10. The average Bonchev–Trinajstić information content (AvgIpc) is 2.94. The Kier molecular flexibility index (Phi) is 5.36. The number of aryl methyl sites for hydroxylation is 1. The van der Waals surface area contributed by atoms with Crippen LogP contribution in [0.4, 0.5) is 32.4 Å². The van der Waals surface area contributed by atoms with Crippen molar-refractivity contribution in [1.82, 2.24) is 4.90 Å². The molecule has 0 bridgehead atoms. The molecule has 0 saturated carbocycles. The van der Waals surface area contributed by atoms with Gasteiger partial charge in [-0.05, 0) is 30.0 Å². The smallest absolute Gasteiger partial charge is 0.295 e. The molecule has 0 aliphatic rings. The van der Waals surface area contributed by atoms with E-state index in [1.807, 2.05) is 0 Å². The van der Waals surface area contributed by atoms with Crippen molar-refractivity contribution in [3.63, 3.8) is 0 Å². The third-order valence-electron chi connectivity index (χ3n) is 3.59. The summed E-state index contributed by atoms with van der Waals surface area (Å²) in [4.78, 5) is 24.7. The first-order valence-corrected chi connectivity index (χ1v) is 7.99. The van der Waals surface area contributed by atoms with Crippen molar-refractivity contribution in [2.24, 2.45) is 0 Å². The lowest BCUT2D eigenvalue weighted by Gasteiger charge is -2.25. The summed E-state index contributed by atoms with van der Waals surface area (Å²) in [5, 5.41) is 1.22. The number of thiophene rings is 1. The van der Waals surface area contributed by atoms with Crippen molar-refractivity contribution < 1.29 is 31.5 Å². The summed E-state index contributed by atoms with van der Waals surface area (Å²) >= 11 is 0.408. The zero-order valence-corrected chi connectivity index (χ0v) is 14.6. The molecule has 140 valence electrons. The standard InChI is InChI=1S/C16H13F5N2O2S/c1-8-7-26-13(16(19,20)21)12(8)22(2)15(25)23(3)14(24)11-9(17)5-4-6-10(11)18/h4-7H,1-3H3. The second kappa shape index (κ2) is 7.02. The lowest BCUT2D eigenvalue weighted by atomic mass is 10.1. The molecule has 0 saturated heterocycles. The fourth-order valence-electron chi connectivity index (χ4n) is 2.33. The molecule has 0 aliphatic heterocycles. The number of benzene rings is 1. The molecular formula is C16H13F5N2O2S. The van der Waals surface area contributed by atoms with Gasteiger partial charge in [-0.15, -0.1) is 11.3 Å². The Hall–Kier alpha value is -2.49. The maximum Gasteiger partial charge on any atom is 0.427 e. The highest BCUT2D eigenvalue weighted by atomic mass is 32.1. The largest absolute Gasteiger partial charge is 0.427 e. The topological polar surface area (TPSA) is 40.6 Å². The van der Waals surface area contributed by atoms with Crippen molar-refractivity contribution in [2.45, 2.75) is 13.1 Å². The molecule has 0 atom stereocenters. The molecule has 0 aliphatic carbocycles. The summed E-state index contributed by atoms with van der Waals surface area (Å²) in [5.41, 5.74) is -1.20. The van der Waals surface area contributed by atoms with Gasteiger partial charge in [0.15, 0.2) is 0 Å². The van der Waals surface area contributed by atoms with Gasteiger partial charge in [-0.25, -0.2) is 13.6 Å². The number of rotatable bonds is 2. The molecule has 1 aromatic heterocycles. The molecule has 1 aromatic carbocycles. The van der Waals surface area contributed by atoms with Crippen LogP contribution in [0.15, 0.2) is 23.6 Å². The second-order valence-corrected chi connectivity index (χ2v) is 6.28. The molecule has 0 unspecified atom stereocenters. The van der Waals surface area contributed by atoms with E-state index in [4.69, 9.17) is 0 Å². The van der Waals surface area contributed by atoms with Crippen LogP contribution in [-0.4, -0.2) is 30.9 Å². The van der Waals surface area contributed by atoms with Gasteiger partial charge in [-0.2, -0.15) is 13.2 Å². The predicted octanol–water partition coefficient (Wildman–Crippen LogP) is 4.68. The number of nitrogens with zero attached hydrogens (tertiary/aromatic N) is 2. The highest BCUT2D eigenvalue weighted by Crippen LogP contribution is 2.42. The van der Waals surface area contributed by atoms with Gasteiger partial charge in [0.05, 0.1) is 5.69 Å². The molecule has 0 spiro atoms. The zero-order valence-electron chi connectivity index (χ0n) is 13.8. The van der Waals surface area contributed by atoms with E-state index >= 15 is 0 Å². The number of urea groups is 1. The molecule has 4 nitrogen and oxygen atoms in total. The minimum absolute atomic E-state index is 0.177. The van der Waals surface area contributed by atoms with E-state index in [-0.39, 0.29) is 5.56 Å². The normalized spacial score (nSPS) is 11.4. The summed E-state index contributed by atoms with van der Waals surface area (Å²) in [6.45, 7) is 1.38. The third-order valence-corrected chi connectivity index (χ3v) is 4.72. The van der Waals surface area contributed by atoms with E-state index in [0.29, 0.717) is 21.1 Å². The SMILES string of the molecule is Cc1csc(C(F)(F)F)c1N(C)C(=O)N(C)C(=O)c1c(F)cccc1F. The predicted molar refractivity (Wildman–Crippen MR) is 86.3 cm³/mol. The number of anilines is 1. The van der Waals surface area contributed by atoms with Crippen LogP contribution in [-0.2, 0) is 6.18 Å². The Balaban J connectivity index is 2.37. The van der Waals surface area contributed by atoms with Gasteiger partial charge in [-0.1, -0.05) is 6.07 Å². The van der Waals surface area contributed by atoms with E-state index < -0.39 is 45.9 Å². The summed E-state index contributed by atoms with van der Waals surface area (Å²) in [6.07, 6.45) is -4.69. The quantitative estimate of drug-likeness (QED) is 0.697. The summed E-state index contributed by atoms with van der Waals surface area (Å²) < 4.78 is 66.8. The molecule has 26 heavy (non-hydrogen) atoms. The second-order valence-electron chi connectivity index (χ2n) is 5.40. The van der Waals surface area contributed by atoms with Crippen LogP contribution in [0.3, 0.4) is 0 Å². The van der Waals surface area contributed by atoms with Gasteiger partial charge in [0.25, 0.3) is 5.91 Å². The van der Waals surface area contributed by atoms with E-state index in [2.05, 4.69) is 0 Å². The maximum atomic E-state index is 13.7. The fraction of sp³-hybridized carbons (Fsp3) is 0.250. The van der Waals surface area contributed by atoms with E-state index in [0.717, 1.165) is 32.3 Å². The number of imide groups is 1. The first-order valence-electron chi connectivity index (χ1n) is 7.11. The Morgan fingerprint density at radius 3 is 2.12 bits per heavy atom. The monoisotopic (exact) mass is 392 g/mol. The number of amides is 3. The first-order chi connectivity index (χ1) is 12.0. The van der Waals surface area contributed by atoms with Gasteiger partial charge < -0.3 is 0 Å². The van der Waals surface area contributed by atoms with Crippen LogP contribution in [0.25, 0.3) is 0 Å². The minimum atomic E-state index is -4.69. The van der Waals surface area contributed by atoms with Crippen molar-refractivity contribution in [2.75, 3.05) is 19.0 Å². The number of hydrogen-bond donors (Lipinski definition) is 0. The Morgan fingerprint density at radius 2 is 1.62 bits per heavy atom. The van der Waals surface area contributed by atoms with Crippen LogP contribution >= 0.6 is 11.3 Å². The van der Waals surface area contributed by atoms with Crippen molar-refractivity contribution in [3.05, 3.63) is 51.2 Å². The molecule has 3 amide bonds. The van der Waals surface area contributed by atoms with Gasteiger partial charge in [0.1, 0.15) is 22.1 Å². The molecule has 10 heteroatoms. The number of halogens is 5. The van der Waals surface area contributed by atoms with E-state index in [9.17, 15) is 31.5 Å². The summed E-state index contributed by atoms with van der Waals surface area (Å²) in [5.74, 6) is -3.67. The van der Waals surface area contributed by atoms with Crippen molar-refractivity contribution >= 4 is 29.0 Å². The first kappa shape index (κ1) is 19.8. The lowest BCUT2D eigenvalue weighted by Crippen LogP contribution is -2.43. The van der Waals surface area contributed by atoms with Crippen LogP contribution < -0.4 is 4.90 Å². The Labute approximate surface area is 149 Å². The molecule has 0 radical (unpaired) electrons. The van der Waals surface area contributed by atoms with E-state index in [1.165, 1.54) is 12.3 Å². The lowest BCUT2D eigenvalue weighted by molar-refractivity contribution is -0.133. The zero-order chi connectivity index (χ0) is 19.8. The molecule has 0 fully saturated rings. The molecule has 2 aromatic rings. The molecule has 1 heterocycles. The van der Waals surface area contributed by atoms with E-state index in [1.54, 1.807) is 0 Å². The van der Waals surface area contributed by atoms with Gasteiger partial charge in [-0.3, -0.25) is 14.6 Å². The third kappa shape index (κ3) is 3.55. The molecule has 0 N–H and O–H groups in total. The van der Waals surface area contributed by atoms with Crippen LogP contribution in [0.1, 0.15) is 20.8 Å².